The van der Waals surface area contributed by atoms with Crippen LogP contribution in [-0.2, 0) is 0 Å². The first-order valence-corrected chi connectivity index (χ1v) is 6.78. The zero-order chi connectivity index (χ0) is 12.1. The van der Waals surface area contributed by atoms with Crippen LogP contribution in [-0.4, -0.2) is 29.3 Å². The topological polar surface area (TPSA) is 20.3 Å². The number of hydrogen-bond donors (Lipinski definition) is 0. The van der Waals surface area contributed by atoms with E-state index in [-0.39, 0.29) is 5.91 Å². The van der Waals surface area contributed by atoms with Crippen LogP contribution in [0.3, 0.4) is 0 Å². The van der Waals surface area contributed by atoms with Gasteiger partial charge in [-0.3, -0.25) is 4.79 Å². The second kappa shape index (κ2) is 6.06. The predicted molar refractivity (Wildman–Crippen MR) is 70.5 cm³/mol. The maximum Gasteiger partial charge on any atom is 0.254 e. The molecule has 0 aliphatic heterocycles. The highest BCUT2D eigenvalue weighted by atomic mass is 35.5. The van der Waals surface area contributed by atoms with Crippen molar-refractivity contribution in [2.24, 2.45) is 0 Å². The number of amides is 1. The van der Waals surface area contributed by atoms with Crippen molar-refractivity contribution in [1.29, 1.82) is 0 Å². The quantitative estimate of drug-likeness (QED) is 0.752. The Morgan fingerprint density at radius 2 is 1.88 bits per heavy atom. The second-order valence-corrected chi connectivity index (χ2v) is 4.87. The van der Waals surface area contributed by atoms with E-state index in [1.54, 1.807) is 0 Å². The molecule has 1 aromatic carbocycles. The van der Waals surface area contributed by atoms with E-state index in [4.69, 9.17) is 11.6 Å². The molecule has 1 fully saturated rings. The standard InChI is InChI=1S/C14H18ClNO/c15-10-11-16(13-8-4-5-9-13)14(17)12-6-2-1-3-7-12/h1-3,6-7,13H,4-5,8-11H2. The van der Waals surface area contributed by atoms with Crippen LogP contribution in [0.2, 0.25) is 0 Å². The minimum absolute atomic E-state index is 0.123. The van der Waals surface area contributed by atoms with Crippen molar-refractivity contribution in [1.82, 2.24) is 4.90 Å². The minimum Gasteiger partial charge on any atom is -0.334 e. The molecule has 0 radical (unpaired) electrons. The maximum absolute atomic E-state index is 12.4. The molecule has 17 heavy (non-hydrogen) atoms. The summed E-state index contributed by atoms with van der Waals surface area (Å²) in [6.45, 7) is 0.653. The average molecular weight is 252 g/mol. The van der Waals surface area contributed by atoms with Crippen LogP contribution in [0.5, 0.6) is 0 Å². The lowest BCUT2D eigenvalue weighted by molar-refractivity contribution is 0.0695. The Labute approximate surface area is 108 Å². The normalized spacial score (nSPS) is 16.1. The zero-order valence-corrected chi connectivity index (χ0v) is 10.7. The van der Waals surface area contributed by atoms with Crippen LogP contribution in [0.25, 0.3) is 0 Å². The zero-order valence-electron chi connectivity index (χ0n) is 9.94. The molecule has 0 aromatic heterocycles. The van der Waals surface area contributed by atoms with E-state index < -0.39 is 0 Å². The van der Waals surface area contributed by atoms with E-state index in [0.29, 0.717) is 18.5 Å². The summed E-state index contributed by atoms with van der Waals surface area (Å²) in [5, 5.41) is 0. The van der Waals surface area contributed by atoms with E-state index in [1.165, 1.54) is 12.8 Å². The molecular formula is C14H18ClNO. The molecule has 0 unspecified atom stereocenters. The van der Waals surface area contributed by atoms with Crippen molar-refractivity contribution in [2.45, 2.75) is 31.7 Å². The molecule has 0 bridgehead atoms. The molecular weight excluding hydrogens is 234 g/mol. The first-order chi connectivity index (χ1) is 8.33. The van der Waals surface area contributed by atoms with Gasteiger partial charge in [0, 0.05) is 24.0 Å². The first kappa shape index (κ1) is 12.4. The van der Waals surface area contributed by atoms with Crippen LogP contribution in [0.15, 0.2) is 30.3 Å². The molecule has 1 aliphatic rings. The number of carbonyl (C=O) groups excluding carboxylic acids is 1. The summed E-state index contributed by atoms with van der Waals surface area (Å²) in [6.07, 6.45) is 4.70. The summed E-state index contributed by atoms with van der Waals surface area (Å²) in [7, 11) is 0. The van der Waals surface area contributed by atoms with Gasteiger partial charge in [0.05, 0.1) is 0 Å². The Morgan fingerprint density at radius 3 is 2.47 bits per heavy atom. The molecule has 1 amide bonds. The molecule has 1 saturated carbocycles. The number of halogens is 1. The van der Waals surface area contributed by atoms with Crippen molar-refractivity contribution in [3.05, 3.63) is 35.9 Å². The Morgan fingerprint density at radius 1 is 1.24 bits per heavy atom. The Kier molecular flexibility index (Phi) is 4.43. The summed E-state index contributed by atoms with van der Waals surface area (Å²) in [5.74, 6) is 0.632. The SMILES string of the molecule is O=C(c1ccccc1)N(CCCl)C1CCCC1. The van der Waals surface area contributed by atoms with Gasteiger partial charge < -0.3 is 4.90 Å². The van der Waals surface area contributed by atoms with Gasteiger partial charge in [0.1, 0.15) is 0 Å². The van der Waals surface area contributed by atoms with Gasteiger partial charge in [-0.05, 0) is 25.0 Å². The largest absolute Gasteiger partial charge is 0.334 e. The molecule has 92 valence electrons. The summed E-state index contributed by atoms with van der Waals surface area (Å²) >= 11 is 5.81. The lowest BCUT2D eigenvalue weighted by Crippen LogP contribution is -2.40. The third-order valence-electron chi connectivity index (χ3n) is 3.37. The molecule has 0 saturated heterocycles. The molecule has 0 atom stereocenters. The number of nitrogens with zero attached hydrogens (tertiary/aromatic N) is 1. The van der Waals surface area contributed by atoms with Crippen molar-refractivity contribution >= 4 is 17.5 Å². The number of benzene rings is 1. The highest BCUT2D eigenvalue weighted by molar-refractivity contribution is 6.18. The maximum atomic E-state index is 12.4. The molecule has 2 nitrogen and oxygen atoms in total. The minimum atomic E-state index is 0.123. The molecule has 3 heteroatoms. The summed E-state index contributed by atoms with van der Waals surface area (Å²) < 4.78 is 0. The molecule has 0 spiro atoms. The van der Waals surface area contributed by atoms with Gasteiger partial charge in [-0.1, -0.05) is 31.0 Å². The van der Waals surface area contributed by atoms with Gasteiger partial charge in [0.2, 0.25) is 0 Å². The highest BCUT2D eigenvalue weighted by Crippen LogP contribution is 2.24. The summed E-state index contributed by atoms with van der Waals surface area (Å²) in [4.78, 5) is 14.3. The van der Waals surface area contributed by atoms with E-state index in [2.05, 4.69) is 0 Å². The third-order valence-corrected chi connectivity index (χ3v) is 3.54. The average Bonchev–Trinajstić information content (AvgIpc) is 2.90. The number of rotatable bonds is 4. The van der Waals surface area contributed by atoms with Gasteiger partial charge in [-0.15, -0.1) is 11.6 Å². The first-order valence-electron chi connectivity index (χ1n) is 6.25. The fourth-order valence-corrected chi connectivity index (χ4v) is 2.69. The summed E-state index contributed by atoms with van der Waals surface area (Å²) in [6, 6.07) is 9.87. The smallest absolute Gasteiger partial charge is 0.254 e. The predicted octanol–water partition coefficient (Wildman–Crippen LogP) is 3.31. The third kappa shape index (κ3) is 3.01. The van der Waals surface area contributed by atoms with Crippen LogP contribution in [0.1, 0.15) is 36.0 Å². The number of hydrogen-bond acceptors (Lipinski definition) is 1. The number of carbonyl (C=O) groups is 1. The van der Waals surface area contributed by atoms with Gasteiger partial charge in [-0.25, -0.2) is 0 Å². The monoisotopic (exact) mass is 251 g/mol. The van der Waals surface area contributed by atoms with E-state index in [0.717, 1.165) is 18.4 Å². The number of alkyl halides is 1. The Bertz CT molecular complexity index is 360. The van der Waals surface area contributed by atoms with Crippen molar-refractivity contribution in [3.63, 3.8) is 0 Å². The van der Waals surface area contributed by atoms with E-state index in [1.807, 2.05) is 35.2 Å². The Balaban J connectivity index is 2.12. The van der Waals surface area contributed by atoms with Crippen molar-refractivity contribution in [3.8, 4) is 0 Å². The fourth-order valence-electron chi connectivity index (χ4n) is 2.50. The van der Waals surface area contributed by atoms with Gasteiger partial charge in [-0.2, -0.15) is 0 Å². The van der Waals surface area contributed by atoms with Crippen molar-refractivity contribution < 1.29 is 4.79 Å². The Hall–Kier alpha value is -1.02. The van der Waals surface area contributed by atoms with Crippen LogP contribution < -0.4 is 0 Å². The lowest BCUT2D eigenvalue weighted by Gasteiger charge is -2.28. The molecule has 0 N–H and O–H groups in total. The van der Waals surface area contributed by atoms with Gasteiger partial charge in [0.15, 0.2) is 0 Å². The fraction of sp³-hybridized carbons (Fsp3) is 0.500. The molecule has 1 aromatic rings. The second-order valence-electron chi connectivity index (χ2n) is 4.49. The molecule has 2 rings (SSSR count). The van der Waals surface area contributed by atoms with Gasteiger partial charge in [0.25, 0.3) is 5.91 Å². The van der Waals surface area contributed by atoms with E-state index in [9.17, 15) is 4.79 Å². The van der Waals surface area contributed by atoms with Crippen LogP contribution in [0.4, 0.5) is 0 Å². The highest BCUT2D eigenvalue weighted by Gasteiger charge is 2.26. The van der Waals surface area contributed by atoms with Crippen LogP contribution in [0, 0.1) is 0 Å². The molecule has 1 aliphatic carbocycles. The van der Waals surface area contributed by atoms with Gasteiger partial charge >= 0.3 is 0 Å². The lowest BCUT2D eigenvalue weighted by atomic mass is 10.1. The molecule has 0 heterocycles. The van der Waals surface area contributed by atoms with Crippen LogP contribution >= 0.6 is 11.6 Å². The summed E-state index contributed by atoms with van der Waals surface area (Å²) in [5.41, 5.74) is 0.768. The van der Waals surface area contributed by atoms with Crippen molar-refractivity contribution in [2.75, 3.05) is 12.4 Å². The van der Waals surface area contributed by atoms with E-state index >= 15 is 0 Å².